The van der Waals surface area contributed by atoms with Gasteiger partial charge in [0.05, 0.1) is 23.4 Å². The predicted octanol–water partition coefficient (Wildman–Crippen LogP) is 11.2. The van der Waals surface area contributed by atoms with Crippen molar-refractivity contribution in [3.63, 3.8) is 0 Å². The van der Waals surface area contributed by atoms with Crippen molar-refractivity contribution in [1.29, 1.82) is 0 Å². The molecule has 0 N–H and O–H groups in total. The molecule has 0 saturated carbocycles. The molecule has 3 aromatic heterocycles. The van der Waals surface area contributed by atoms with Crippen LogP contribution in [0.2, 0.25) is 0 Å². The second-order valence-electron chi connectivity index (χ2n) is 12.4. The molecule has 0 aliphatic carbocycles. The first-order chi connectivity index (χ1) is 25.2. The summed E-state index contributed by atoms with van der Waals surface area (Å²) < 4.78 is 13.1. The standard InChI is InChI=1S/C45H29N5/c1-2-16-30(17-3-1)43-46-44(48-45(47-43)50-41-28-14-10-24-37(41)38-25-11-15-29-42(38)50)49-39-26-12-8-22-35(39)33-20-6-4-18-31(33)32-19-5-7-21-34(32)36-23-9-13-27-40(36)49/h1-29H/i8D. The molecule has 5 heteroatoms. The van der Waals surface area contributed by atoms with Crippen molar-refractivity contribution in [3.05, 3.63) is 176 Å². The minimum atomic E-state index is 0.427. The lowest BCUT2D eigenvalue weighted by atomic mass is 10.0. The molecule has 0 aliphatic heterocycles. The largest absolute Gasteiger partial charge is 0.278 e. The van der Waals surface area contributed by atoms with E-state index in [0.717, 1.165) is 70.7 Å². The molecular formula is C45H29N5. The maximum absolute atomic E-state index is 8.78. The molecule has 0 saturated heterocycles. The molecule has 10 rings (SSSR count). The topological polar surface area (TPSA) is 48.5 Å². The SMILES string of the molecule is [2H]c1ccc2c(c1)c1ccccc1c1ccccc1c1ccccc1n2-c1nc(-c2ccccc2)nc(-n2c3ccccc3c3ccccc32)n1. The molecule has 0 atom stereocenters. The first-order valence-electron chi connectivity index (χ1n) is 17.2. The number of para-hydroxylation sites is 4. The summed E-state index contributed by atoms with van der Waals surface area (Å²) in [4.78, 5) is 15.8. The lowest BCUT2D eigenvalue weighted by Crippen LogP contribution is -2.11. The average molecular weight is 641 g/mol. The fourth-order valence-corrected chi connectivity index (χ4v) is 7.39. The molecule has 0 spiro atoms. The third-order valence-corrected chi connectivity index (χ3v) is 9.58. The minimum absolute atomic E-state index is 0.427. The summed E-state index contributed by atoms with van der Waals surface area (Å²) in [6, 6.07) is 58.6. The highest BCUT2D eigenvalue weighted by Crippen LogP contribution is 2.35. The highest BCUT2D eigenvalue weighted by molar-refractivity contribution is 6.19. The van der Waals surface area contributed by atoms with E-state index in [1.807, 2.05) is 48.5 Å². The van der Waals surface area contributed by atoms with Gasteiger partial charge >= 0.3 is 0 Å². The summed E-state index contributed by atoms with van der Waals surface area (Å²) >= 11 is 0. The van der Waals surface area contributed by atoms with Crippen molar-refractivity contribution in [2.75, 3.05) is 0 Å². The Kier molecular flexibility index (Phi) is 6.18. The summed E-state index contributed by atoms with van der Waals surface area (Å²) in [7, 11) is 0. The summed E-state index contributed by atoms with van der Waals surface area (Å²) in [5.41, 5.74) is 4.72. The van der Waals surface area contributed by atoms with Gasteiger partial charge in [-0.2, -0.15) is 15.0 Å². The van der Waals surface area contributed by atoms with Crippen LogP contribution in [0.15, 0.2) is 176 Å². The lowest BCUT2D eigenvalue weighted by Gasteiger charge is -2.15. The van der Waals surface area contributed by atoms with Crippen molar-refractivity contribution >= 4 is 65.2 Å². The van der Waals surface area contributed by atoms with Gasteiger partial charge in [0.2, 0.25) is 11.9 Å². The van der Waals surface area contributed by atoms with Crippen LogP contribution in [0, 0.1) is 0 Å². The van der Waals surface area contributed by atoms with Gasteiger partial charge in [-0.3, -0.25) is 9.13 Å². The number of aromatic nitrogens is 5. The van der Waals surface area contributed by atoms with Crippen molar-refractivity contribution in [2.45, 2.75) is 0 Å². The predicted molar refractivity (Wildman–Crippen MR) is 207 cm³/mol. The number of rotatable bonds is 3. The van der Waals surface area contributed by atoms with Gasteiger partial charge in [0.15, 0.2) is 5.82 Å². The fourth-order valence-electron chi connectivity index (χ4n) is 7.39. The van der Waals surface area contributed by atoms with Crippen LogP contribution in [0.25, 0.3) is 88.4 Å². The maximum Gasteiger partial charge on any atom is 0.240 e. The molecule has 0 amide bonds. The summed E-state index contributed by atoms with van der Waals surface area (Å²) in [5.74, 6) is 1.56. The van der Waals surface area contributed by atoms with Gasteiger partial charge in [-0.25, -0.2) is 0 Å². The Morgan fingerprint density at radius 3 is 1.14 bits per heavy atom. The van der Waals surface area contributed by atoms with E-state index in [0.29, 0.717) is 23.8 Å². The highest BCUT2D eigenvalue weighted by atomic mass is 15.3. The molecule has 3 heterocycles. The van der Waals surface area contributed by atoms with E-state index in [9.17, 15) is 0 Å². The van der Waals surface area contributed by atoms with Gasteiger partial charge in [-0.1, -0.05) is 152 Å². The summed E-state index contributed by atoms with van der Waals surface area (Å²) in [5, 5.41) is 8.59. The molecule has 50 heavy (non-hydrogen) atoms. The van der Waals surface area contributed by atoms with Crippen LogP contribution in [-0.4, -0.2) is 24.1 Å². The first-order valence-corrected chi connectivity index (χ1v) is 16.7. The summed E-state index contributed by atoms with van der Waals surface area (Å²) in [6.45, 7) is 0. The normalized spacial score (nSPS) is 11.9. The van der Waals surface area contributed by atoms with E-state index < -0.39 is 0 Å². The van der Waals surface area contributed by atoms with Crippen molar-refractivity contribution < 1.29 is 1.37 Å². The number of hydrogen-bond donors (Lipinski definition) is 0. The highest BCUT2D eigenvalue weighted by Gasteiger charge is 2.19. The average Bonchev–Trinajstić information content (AvgIpc) is 3.55. The Morgan fingerprint density at radius 1 is 0.320 bits per heavy atom. The summed E-state index contributed by atoms with van der Waals surface area (Å²) in [6.07, 6.45) is 0. The molecule has 0 unspecified atom stereocenters. The molecular weight excluding hydrogens is 611 g/mol. The maximum atomic E-state index is 8.78. The minimum Gasteiger partial charge on any atom is -0.278 e. The Morgan fingerprint density at radius 2 is 0.660 bits per heavy atom. The quantitative estimate of drug-likeness (QED) is 0.193. The van der Waals surface area contributed by atoms with Crippen molar-refractivity contribution in [1.82, 2.24) is 24.1 Å². The zero-order valence-electron chi connectivity index (χ0n) is 27.9. The Bertz CT molecular complexity index is 3000. The van der Waals surface area contributed by atoms with Gasteiger partial charge in [-0.15, -0.1) is 0 Å². The van der Waals surface area contributed by atoms with Crippen LogP contribution in [0.1, 0.15) is 1.37 Å². The van der Waals surface area contributed by atoms with E-state index >= 15 is 0 Å². The number of fused-ring (bicyclic) bond motifs is 10. The number of benzene rings is 7. The van der Waals surface area contributed by atoms with Crippen LogP contribution >= 0.6 is 0 Å². The number of hydrogen-bond acceptors (Lipinski definition) is 3. The van der Waals surface area contributed by atoms with Gasteiger partial charge in [0.1, 0.15) is 0 Å². The fraction of sp³-hybridized carbons (Fsp3) is 0. The van der Waals surface area contributed by atoms with Crippen LogP contribution < -0.4 is 0 Å². The van der Waals surface area contributed by atoms with Gasteiger partial charge < -0.3 is 0 Å². The second-order valence-corrected chi connectivity index (χ2v) is 12.4. The smallest absolute Gasteiger partial charge is 0.240 e. The van der Waals surface area contributed by atoms with Gasteiger partial charge in [-0.05, 0) is 45.8 Å². The van der Waals surface area contributed by atoms with E-state index in [-0.39, 0.29) is 0 Å². The third-order valence-electron chi connectivity index (χ3n) is 9.58. The van der Waals surface area contributed by atoms with Crippen molar-refractivity contribution in [2.24, 2.45) is 0 Å². The lowest BCUT2D eigenvalue weighted by molar-refractivity contribution is 0.891. The molecule has 0 aliphatic rings. The van der Waals surface area contributed by atoms with Gasteiger partial charge in [0, 0.05) is 27.1 Å². The monoisotopic (exact) mass is 640 g/mol. The molecule has 7 aromatic carbocycles. The molecule has 0 fully saturated rings. The van der Waals surface area contributed by atoms with Crippen molar-refractivity contribution in [3.8, 4) is 23.3 Å². The van der Waals surface area contributed by atoms with E-state index in [4.69, 9.17) is 16.3 Å². The zero-order chi connectivity index (χ0) is 33.9. The molecule has 234 valence electrons. The Labute approximate surface area is 289 Å². The van der Waals surface area contributed by atoms with Crippen LogP contribution in [0.3, 0.4) is 0 Å². The first kappa shape index (κ1) is 27.1. The molecule has 0 radical (unpaired) electrons. The Balaban J connectivity index is 1.45. The molecule has 0 bridgehead atoms. The molecule has 10 aromatic rings. The Hall–Kier alpha value is -6.85. The molecule has 5 nitrogen and oxygen atoms in total. The van der Waals surface area contributed by atoms with Crippen LogP contribution in [-0.2, 0) is 0 Å². The number of nitrogens with zero attached hydrogens (tertiary/aromatic N) is 5. The van der Waals surface area contributed by atoms with Crippen LogP contribution in [0.4, 0.5) is 0 Å². The van der Waals surface area contributed by atoms with E-state index in [2.05, 4.69) is 130 Å². The zero-order valence-corrected chi connectivity index (χ0v) is 26.9. The van der Waals surface area contributed by atoms with E-state index in [1.165, 1.54) is 0 Å². The third kappa shape index (κ3) is 4.37. The second kappa shape index (κ2) is 11.4. The van der Waals surface area contributed by atoms with E-state index in [1.54, 1.807) is 0 Å². The van der Waals surface area contributed by atoms with Gasteiger partial charge in [0.25, 0.3) is 0 Å². The van der Waals surface area contributed by atoms with Crippen LogP contribution in [0.5, 0.6) is 0 Å².